The number of rotatable bonds is 5. The molecule has 1 fully saturated rings. The molecule has 7 nitrogen and oxygen atoms in total. The molecular formula is C15H18N4O3S. The number of anilines is 2. The van der Waals surface area contributed by atoms with E-state index in [0.717, 1.165) is 23.9 Å². The SMILES string of the molecule is O=C(Cc1csc(N2CCOCC2)n1)Nc1cc(CO)ccn1. The number of aliphatic hydroxyl groups excluding tert-OH is 1. The number of thiazole rings is 1. The van der Waals surface area contributed by atoms with E-state index in [1.54, 1.807) is 29.7 Å². The molecule has 3 heterocycles. The highest BCUT2D eigenvalue weighted by molar-refractivity contribution is 7.13. The van der Waals surface area contributed by atoms with Crippen LogP contribution in [0.3, 0.4) is 0 Å². The summed E-state index contributed by atoms with van der Waals surface area (Å²) in [5.74, 6) is 0.261. The highest BCUT2D eigenvalue weighted by Gasteiger charge is 2.16. The van der Waals surface area contributed by atoms with Gasteiger partial charge in [0.1, 0.15) is 5.82 Å². The number of hydrogen-bond acceptors (Lipinski definition) is 7. The summed E-state index contributed by atoms with van der Waals surface area (Å²) in [4.78, 5) is 22.8. The van der Waals surface area contributed by atoms with Gasteiger partial charge in [-0.1, -0.05) is 0 Å². The first-order valence-electron chi connectivity index (χ1n) is 7.37. The molecule has 0 aromatic carbocycles. The summed E-state index contributed by atoms with van der Waals surface area (Å²) in [5.41, 5.74) is 1.45. The summed E-state index contributed by atoms with van der Waals surface area (Å²) in [7, 11) is 0. The Morgan fingerprint density at radius 3 is 3.04 bits per heavy atom. The number of aliphatic hydroxyl groups is 1. The molecule has 2 aromatic heterocycles. The van der Waals surface area contributed by atoms with Gasteiger partial charge in [0.15, 0.2) is 5.13 Å². The zero-order valence-corrected chi connectivity index (χ0v) is 13.4. The zero-order chi connectivity index (χ0) is 16.1. The maximum absolute atomic E-state index is 12.1. The molecule has 2 aromatic rings. The molecule has 1 aliphatic heterocycles. The second-order valence-corrected chi connectivity index (χ2v) is 5.99. The van der Waals surface area contributed by atoms with Crippen LogP contribution < -0.4 is 10.2 Å². The van der Waals surface area contributed by atoms with Gasteiger partial charge in [-0.05, 0) is 17.7 Å². The van der Waals surface area contributed by atoms with Crippen molar-refractivity contribution in [1.82, 2.24) is 9.97 Å². The first kappa shape index (κ1) is 15.9. The van der Waals surface area contributed by atoms with Gasteiger partial charge in [-0.15, -0.1) is 11.3 Å². The third-order valence-corrected chi connectivity index (χ3v) is 4.39. The number of morpholine rings is 1. The van der Waals surface area contributed by atoms with Crippen molar-refractivity contribution in [3.05, 3.63) is 35.0 Å². The quantitative estimate of drug-likeness (QED) is 0.850. The molecule has 0 unspecified atom stereocenters. The Hall–Kier alpha value is -2.03. The van der Waals surface area contributed by atoms with Gasteiger partial charge in [0.25, 0.3) is 0 Å². The molecule has 1 aliphatic rings. The summed E-state index contributed by atoms with van der Waals surface area (Å²) in [6.45, 7) is 3.00. The Labute approximate surface area is 137 Å². The fourth-order valence-corrected chi connectivity index (χ4v) is 3.15. The Balaban J connectivity index is 1.58. The highest BCUT2D eigenvalue weighted by atomic mass is 32.1. The molecule has 2 N–H and O–H groups in total. The van der Waals surface area contributed by atoms with E-state index < -0.39 is 0 Å². The smallest absolute Gasteiger partial charge is 0.231 e. The van der Waals surface area contributed by atoms with E-state index in [9.17, 15) is 4.79 Å². The molecule has 0 spiro atoms. The first-order valence-corrected chi connectivity index (χ1v) is 8.25. The average Bonchev–Trinajstić information content (AvgIpc) is 3.04. The largest absolute Gasteiger partial charge is 0.392 e. The number of pyridine rings is 1. The third-order valence-electron chi connectivity index (χ3n) is 3.44. The van der Waals surface area contributed by atoms with Crippen LogP contribution in [0, 0.1) is 0 Å². The molecular weight excluding hydrogens is 316 g/mol. The number of carbonyl (C=O) groups excluding carboxylic acids is 1. The van der Waals surface area contributed by atoms with E-state index in [2.05, 4.69) is 20.2 Å². The van der Waals surface area contributed by atoms with Crippen molar-refractivity contribution in [2.24, 2.45) is 0 Å². The van der Waals surface area contributed by atoms with E-state index in [1.807, 2.05) is 5.38 Å². The number of amides is 1. The summed E-state index contributed by atoms with van der Waals surface area (Å²) < 4.78 is 5.32. The predicted octanol–water partition coefficient (Wildman–Crippen LogP) is 1.05. The molecule has 1 saturated heterocycles. The Morgan fingerprint density at radius 1 is 1.43 bits per heavy atom. The Kier molecular flexibility index (Phi) is 5.16. The lowest BCUT2D eigenvalue weighted by atomic mass is 10.2. The minimum Gasteiger partial charge on any atom is -0.392 e. The molecule has 0 radical (unpaired) electrons. The van der Waals surface area contributed by atoms with Crippen molar-refractivity contribution in [1.29, 1.82) is 0 Å². The molecule has 8 heteroatoms. The second kappa shape index (κ2) is 7.49. The Bertz CT molecular complexity index is 670. The van der Waals surface area contributed by atoms with Gasteiger partial charge >= 0.3 is 0 Å². The Morgan fingerprint density at radius 2 is 2.26 bits per heavy atom. The van der Waals surface area contributed by atoms with Crippen molar-refractivity contribution in [3.8, 4) is 0 Å². The van der Waals surface area contributed by atoms with Crippen LogP contribution in [0.15, 0.2) is 23.7 Å². The van der Waals surface area contributed by atoms with Crippen LogP contribution in [-0.2, 0) is 22.6 Å². The van der Waals surface area contributed by atoms with Crippen LogP contribution in [0.2, 0.25) is 0 Å². The van der Waals surface area contributed by atoms with Crippen molar-refractivity contribution in [2.45, 2.75) is 13.0 Å². The first-order chi connectivity index (χ1) is 11.2. The summed E-state index contributed by atoms with van der Waals surface area (Å²) in [6.07, 6.45) is 1.76. The van der Waals surface area contributed by atoms with E-state index in [4.69, 9.17) is 9.84 Å². The fourth-order valence-electron chi connectivity index (χ4n) is 2.27. The lowest BCUT2D eigenvalue weighted by molar-refractivity contribution is -0.115. The maximum Gasteiger partial charge on any atom is 0.231 e. The third kappa shape index (κ3) is 4.25. The van der Waals surface area contributed by atoms with Gasteiger partial charge in [0.2, 0.25) is 5.91 Å². The monoisotopic (exact) mass is 334 g/mol. The molecule has 0 atom stereocenters. The normalized spacial score (nSPS) is 14.7. The summed E-state index contributed by atoms with van der Waals surface area (Å²) in [6, 6.07) is 3.35. The minimum atomic E-state index is -0.175. The summed E-state index contributed by atoms with van der Waals surface area (Å²) >= 11 is 1.54. The van der Waals surface area contributed by atoms with Crippen LogP contribution >= 0.6 is 11.3 Å². The van der Waals surface area contributed by atoms with Gasteiger partial charge in [-0.25, -0.2) is 9.97 Å². The molecule has 0 bridgehead atoms. The average molecular weight is 334 g/mol. The van der Waals surface area contributed by atoms with E-state index in [0.29, 0.717) is 24.6 Å². The molecule has 3 rings (SSSR count). The van der Waals surface area contributed by atoms with Crippen molar-refractivity contribution in [2.75, 3.05) is 36.5 Å². The second-order valence-electron chi connectivity index (χ2n) is 5.15. The molecule has 0 saturated carbocycles. The lowest BCUT2D eigenvalue weighted by Gasteiger charge is -2.26. The van der Waals surface area contributed by atoms with Crippen molar-refractivity contribution < 1.29 is 14.6 Å². The molecule has 23 heavy (non-hydrogen) atoms. The zero-order valence-electron chi connectivity index (χ0n) is 12.6. The molecule has 0 aliphatic carbocycles. The standard InChI is InChI=1S/C15H18N4O3S/c20-9-11-1-2-16-13(7-11)18-14(21)8-12-10-23-15(17-12)19-3-5-22-6-4-19/h1-2,7,10,20H,3-6,8-9H2,(H,16,18,21). The van der Waals surface area contributed by atoms with Gasteiger partial charge < -0.3 is 20.1 Å². The fraction of sp³-hybridized carbons (Fsp3) is 0.400. The number of ether oxygens (including phenoxy) is 1. The number of nitrogens with zero attached hydrogens (tertiary/aromatic N) is 3. The maximum atomic E-state index is 12.1. The van der Waals surface area contributed by atoms with Crippen LogP contribution in [0.4, 0.5) is 10.9 Å². The predicted molar refractivity (Wildman–Crippen MR) is 87.6 cm³/mol. The van der Waals surface area contributed by atoms with Crippen LogP contribution in [-0.4, -0.2) is 47.3 Å². The van der Waals surface area contributed by atoms with Crippen molar-refractivity contribution in [3.63, 3.8) is 0 Å². The van der Waals surface area contributed by atoms with Crippen molar-refractivity contribution >= 4 is 28.2 Å². The van der Waals surface area contributed by atoms with Gasteiger partial charge in [-0.2, -0.15) is 0 Å². The number of hydrogen-bond donors (Lipinski definition) is 2. The van der Waals surface area contributed by atoms with Gasteiger partial charge in [0.05, 0.1) is 31.9 Å². The van der Waals surface area contributed by atoms with E-state index in [1.165, 1.54) is 0 Å². The molecule has 1 amide bonds. The lowest BCUT2D eigenvalue weighted by Crippen LogP contribution is -2.36. The van der Waals surface area contributed by atoms with Crippen LogP contribution in [0.1, 0.15) is 11.3 Å². The number of aromatic nitrogens is 2. The van der Waals surface area contributed by atoms with E-state index >= 15 is 0 Å². The van der Waals surface area contributed by atoms with Crippen LogP contribution in [0.5, 0.6) is 0 Å². The highest BCUT2D eigenvalue weighted by Crippen LogP contribution is 2.21. The molecule has 122 valence electrons. The summed E-state index contributed by atoms with van der Waals surface area (Å²) in [5, 5.41) is 14.7. The van der Waals surface area contributed by atoms with Gasteiger partial charge in [0, 0.05) is 24.7 Å². The topological polar surface area (TPSA) is 87.6 Å². The minimum absolute atomic E-state index is 0.0830. The van der Waals surface area contributed by atoms with Crippen LogP contribution in [0.25, 0.3) is 0 Å². The number of nitrogens with one attached hydrogen (secondary N) is 1. The number of carbonyl (C=O) groups is 1. The van der Waals surface area contributed by atoms with Gasteiger partial charge in [-0.3, -0.25) is 4.79 Å². The van der Waals surface area contributed by atoms with E-state index in [-0.39, 0.29) is 18.9 Å².